The molecule has 1 heterocycles. The normalized spacial score (nSPS) is 26.4. The lowest BCUT2D eigenvalue weighted by Gasteiger charge is -2.23. The third kappa shape index (κ3) is 2.60. The molecule has 2 fully saturated rings. The summed E-state index contributed by atoms with van der Waals surface area (Å²) in [5.41, 5.74) is 7.84. The van der Waals surface area contributed by atoms with Crippen molar-refractivity contribution in [2.24, 2.45) is 11.1 Å². The van der Waals surface area contributed by atoms with Crippen molar-refractivity contribution in [3.8, 4) is 0 Å². The number of nitrogens with two attached hydrogens (primary N) is 1. The molecule has 1 aromatic rings. The maximum absolute atomic E-state index is 5.73. The van der Waals surface area contributed by atoms with E-state index in [1.165, 1.54) is 50.9 Å². The molecule has 0 radical (unpaired) electrons. The van der Waals surface area contributed by atoms with E-state index in [9.17, 15) is 0 Å². The molecule has 1 aromatic carbocycles. The molecule has 3 rings (SSSR count). The second kappa shape index (κ2) is 5.02. The second-order valence-corrected chi connectivity index (χ2v) is 6.17. The molecule has 0 bridgehead atoms. The molecule has 1 unspecified atom stereocenters. The van der Waals surface area contributed by atoms with Crippen LogP contribution in [0.1, 0.15) is 37.2 Å². The van der Waals surface area contributed by atoms with Crippen molar-refractivity contribution in [3.63, 3.8) is 0 Å². The monoisotopic (exact) mass is 244 g/mol. The Morgan fingerprint density at radius 2 is 2.00 bits per heavy atom. The number of nitrogens with zero attached hydrogens (tertiary/aromatic N) is 1. The summed E-state index contributed by atoms with van der Waals surface area (Å²) in [4.78, 5) is 2.67. The van der Waals surface area contributed by atoms with Gasteiger partial charge >= 0.3 is 0 Å². The van der Waals surface area contributed by atoms with E-state index in [0.717, 1.165) is 12.5 Å². The molecule has 0 amide bonds. The Kier molecular flexibility index (Phi) is 3.40. The number of benzene rings is 1. The summed E-state index contributed by atoms with van der Waals surface area (Å²) in [6, 6.07) is 11.0. The summed E-state index contributed by atoms with van der Waals surface area (Å²) in [5, 5.41) is 0. The fraction of sp³-hybridized carbons (Fsp3) is 0.625. The fourth-order valence-electron chi connectivity index (χ4n) is 3.42. The Hall–Kier alpha value is -0.860. The number of rotatable bonds is 5. The largest absolute Gasteiger partial charge is 0.330 e. The highest BCUT2D eigenvalue weighted by molar-refractivity contribution is 5.21. The lowest BCUT2D eigenvalue weighted by Crippen LogP contribution is -2.29. The summed E-state index contributed by atoms with van der Waals surface area (Å²) in [6.45, 7) is 4.66. The molecule has 2 heteroatoms. The minimum atomic E-state index is 0.598. The maximum atomic E-state index is 5.73. The van der Waals surface area contributed by atoms with Crippen LogP contribution in [0, 0.1) is 5.41 Å². The third-order valence-corrected chi connectivity index (χ3v) is 4.73. The van der Waals surface area contributed by atoms with E-state index in [4.69, 9.17) is 5.73 Å². The van der Waals surface area contributed by atoms with Gasteiger partial charge in [-0.05, 0) is 55.7 Å². The standard InChI is InChI=1S/C16H24N2/c17-10-9-16(7-8-16)13-18-11-6-15(12-18)14-4-2-1-3-5-14/h1-5,15H,6-13,17H2. The first-order chi connectivity index (χ1) is 8.81. The van der Waals surface area contributed by atoms with Crippen LogP contribution in [0.3, 0.4) is 0 Å². The molecule has 18 heavy (non-hydrogen) atoms. The van der Waals surface area contributed by atoms with Gasteiger partial charge < -0.3 is 10.6 Å². The van der Waals surface area contributed by atoms with Crippen molar-refractivity contribution in [2.45, 2.75) is 31.6 Å². The molecule has 2 aliphatic rings. The highest BCUT2D eigenvalue weighted by Gasteiger charge is 2.43. The SMILES string of the molecule is NCCC1(CN2CCC(c3ccccc3)C2)CC1. The molecule has 1 atom stereocenters. The Morgan fingerprint density at radius 3 is 2.67 bits per heavy atom. The quantitative estimate of drug-likeness (QED) is 0.862. The van der Waals surface area contributed by atoms with Crippen molar-refractivity contribution < 1.29 is 0 Å². The zero-order valence-corrected chi connectivity index (χ0v) is 11.1. The van der Waals surface area contributed by atoms with E-state index < -0.39 is 0 Å². The average Bonchev–Trinajstić information content (AvgIpc) is 2.99. The Morgan fingerprint density at radius 1 is 1.22 bits per heavy atom. The van der Waals surface area contributed by atoms with E-state index in [1.54, 1.807) is 0 Å². The van der Waals surface area contributed by atoms with Crippen molar-refractivity contribution in [1.82, 2.24) is 4.90 Å². The molecule has 2 nitrogen and oxygen atoms in total. The van der Waals surface area contributed by atoms with Gasteiger partial charge in [-0.25, -0.2) is 0 Å². The van der Waals surface area contributed by atoms with E-state index in [-0.39, 0.29) is 0 Å². The predicted molar refractivity (Wildman–Crippen MR) is 75.6 cm³/mol. The molecule has 98 valence electrons. The minimum absolute atomic E-state index is 0.598. The summed E-state index contributed by atoms with van der Waals surface area (Å²) in [7, 11) is 0. The van der Waals surface area contributed by atoms with Gasteiger partial charge in [0.1, 0.15) is 0 Å². The number of likely N-dealkylation sites (tertiary alicyclic amines) is 1. The van der Waals surface area contributed by atoms with Gasteiger partial charge in [0.25, 0.3) is 0 Å². The predicted octanol–water partition coefficient (Wildman–Crippen LogP) is 2.60. The van der Waals surface area contributed by atoms with Crippen LogP contribution in [0.4, 0.5) is 0 Å². The van der Waals surface area contributed by atoms with Gasteiger partial charge in [0.2, 0.25) is 0 Å². The summed E-state index contributed by atoms with van der Waals surface area (Å²) in [6.07, 6.45) is 5.34. The van der Waals surface area contributed by atoms with Gasteiger partial charge in [-0.3, -0.25) is 0 Å². The van der Waals surface area contributed by atoms with Gasteiger partial charge in [0, 0.05) is 13.1 Å². The molecule has 0 spiro atoms. The number of hydrogen-bond acceptors (Lipinski definition) is 2. The van der Waals surface area contributed by atoms with Crippen LogP contribution in [0.25, 0.3) is 0 Å². The Labute approximate surface area is 110 Å². The van der Waals surface area contributed by atoms with Gasteiger partial charge in [0.05, 0.1) is 0 Å². The van der Waals surface area contributed by atoms with Crippen molar-refractivity contribution in [3.05, 3.63) is 35.9 Å². The van der Waals surface area contributed by atoms with E-state index in [1.807, 2.05) is 0 Å². The first-order valence-corrected chi connectivity index (χ1v) is 7.29. The van der Waals surface area contributed by atoms with Crippen LogP contribution in [0.15, 0.2) is 30.3 Å². The van der Waals surface area contributed by atoms with Crippen LogP contribution < -0.4 is 5.73 Å². The highest BCUT2D eigenvalue weighted by atomic mass is 15.2. The van der Waals surface area contributed by atoms with Crippen molar-refractivity contribution in [2.75, 3.05) is 26.2 Å². The van der Waals surface area contributed by atoms with E-state index in [0.29, 0.717) is 5.41 Å². The smallest absolute Gasteiger partial charge is 0.00510 e. The van der Waals surface area contributed by atoms with Crippen LogP contribution >= 0.6 is 0 Å². The van der Waals surface area contributed by atoms with E-state index in [2.05, 4.69) is 35.2 Å². The summed E-state index contributed by atoms with van der Waals surface area (Å²) < 4.78 is 0. The molecule has 2 N–H and O–H groups in total. The Bertz CT molecular complexity index is 383. The molecular formula is C16H24N2. The fourth-order valence-corrected chi connectivity index (χ4v) is 3.42. The zero-order valence-electron chi connectivity index (χ0n) is 11.1. The lowest BCUT2D eigenvalue weighted by molar-refractivity contribution is 0.253. The molecule has 1 aliphatic carbocycles. The molecular weight excluding hydrogens is 220 g/mol. The van der Waals surface area contributed by atoms with Crippen molar-refractivity contribution >= 4 is 0 Å². The lowest BCUT2D eigenvalue weighted by atomic mass is 9.98. The van der Waals surface area contributed by atoms with E-state index >= 15 is 0 Å². The maximum Gasteiger partial charge on any atom is 0.00510 e. The van der Waals surface area contributed by atoms with Crippen LogP contribution in [0.5, 0.6) is 0 Å². The Balaban J connectivity index is 1.56. The highest BCUT2D eigenvalue weighted by Crippen LogP contribution is 2.49. The summed E-state index contributed by atoms with van der Waals surface area (Å²) >= 11 is 0. The zero-order chi connectivity index (χ0) is 12.4. The number of hydrogen-bond donors (Lipinski definition) is 1. The molecule has 0 aromatic heterocycles. The molecule has 1 saturated heterocycles. The third-order valence-electron chi connectivity index (χ3n) is 4.73. The second-order valence-electron chi connectivity index (χ2n) is 6.17. The molecule has 1 saturated carbocycles. The van der Waals surface area contributed by atoms with Gasteiger partial charge in [-0.2, -0.15) is 0 Å². The van der Waals surface area contributed by atoms with Crippen LogP contribution in [-0.4, -0.2) is 31.1 Å². The molecule has 1 aliphatic heterocycles. The average molecular weight is 244 g/mol. The first-order valence-electron chi connectivity index (χ1n) is 7.29. The van der Waals surface area contributed by atoms with Gasteiger partial charge in [-0.1, -0.05) is 30.3 Å². The van der Waals surface area contributed by atoms with Gasteiger partial charge in [-0.15, -0.1) is 0 Å². The van der Waals surface area contributed by atoms with Crippen LogP contribution in [-0.2, 0) is 0 Å². The minimum Gasteiger partial charge on any atom is -0.330 e. The topological polar surface area (TPSA) is 29.3 Å². The van der Waals surface area contributed by atoms with Crippen LogP contribution in [0.2, 0.25) is 0 Å². The van der Waals surface area contributed by atoms with Gasteiger partial charge in [0.15, 0.2) is 0 Å². The first kappa shape index (κ1) is 12.2. The summed E-state index contributed by atoms with van der Waals surface area (Å²) in [5.74, 6) is 0.750. The van der Waals surface area contributed by atoms with Crippen molar-refractivity contribution in [1.29, 1.82) is 0 Å².